The number of hydrogen-bond donors (Lipinski definition) is 3. The summed E-state index contributed by atoms with van der Waals surface area (Å²) in [5.41, 5.74) is 4.32. The van der Waals surface area contributed by atoms with Crippen LogP contribution in [0.15, 0.2) is 59.9 Å². The topological polar surface area (TPSA) is 108 Å². The summed E-state index contributed by atoms with van der Waals surface area (Å²) >= 11 is 0. The number of rotatable bonds is 4. The number of anilines is 1. The minimum absolute atomic E-state index is 0.284. The highest BCUT2D eigenvalue weighted by atomic mass is 16.1. The molecule has 8 heteroatoms. The van der Waals surface area contributed by atoms with E-state index in [1.165, 1.54) is 6.08 Å². The highest BCUT2D eigenvalue weighted by Crippen LogP contribution is 2.23. The first-order valence-electron chi connectivity index (χ1n) is 8.23. The molecule has 27 heavy (non-hydrogen) atoms. The van der Waals surface area contributed by atoms with Crippen LogP contribution in [0.2, 0.25) is 0 Å². The maximum atomic E-state index is 12.3. The van der Waals surface area contributed by atoms with Gasteiger partial charge in [-0.3, -0.25) is 14.5 Å². The lowest BCUT2D eigenvalue weighted by atomic mass is 10.0. The number of hydrogen-bond acceptors (Lipinski definition) is 4. The predicted molar refractivity (Wildman–Crippen MR) is 103 cm³/mol. The number of imidazole rings is 1. The number of fused-ring (bicyclic) bond motifs is 1. The van der Waals surface area contributed by atoms with Gasteiger partial charge < -0.3 is 15.3 Å². The van der Waals surface area contributed by atoms with Gasteiger partial charge in [0.2, 0.25) is 5.91 Å². The van der Waals surface area contributed by atoms with Crippen molar-refractivity contribution in [3.63, 3.8) is 0 Å². The van der Waals surface area contributed by atoms with Gasteiger partial charge in [-0.2, -0.15) is 5.10 Å². The van der Waals surface area contributed by atoms with E-state index in [2.05, 4.69) is 25.4 Å². The second-order valence-corrected chi connectivity index (χ2v) is 6.03. The Morgan fingerprint density at radius 2 is 2.04 bits per heavy atom. The number of amides is 1. The Labute approximate surface area is 153 Å². The van der Waals surface area contributed by atoms with Crippen LogP contribution in [-0.4, -0.2) is 30.6 Å². The number of nitrogens with one attached hydrogen (secondary N) is 3. The van der Waals surface area contributed by atoms with Gasteiger partial charge >= 0.3 is 5.69 Å². The summed E-state index contributed by atoms with van der Waals surface area (Å²) in [6.07, 6.45) is 10.2. The lowest BCUT2D eigenvalue weighted by molar-refractivity contribution is -0.111. The molecule has 0 aliphatic rings. The molecule has 8 nitrogen and oxygen atoms in total. The minimum atomic E-state index is -0.284. The summed E-state index contributed by atoms with van der Waals surface area (Å²) in [7, 11) is 1.85. The van der Waals surface area contributed by atoms with Gasteiger partial charge in [0.1, 0.15) is 0 Å². The fourth-order valence-electron chi connectivity index (χ4n) is 2.82. The molecule has 0 radical (unpaired) electrons. The molecule has 0 unspecified atom stereocenters. The number of H-pyrrole nitrogens is 2. The molecular weight excluding hydrogens is 344 g/mol. The summed E-state index contributed by atoms with van der Waals surface area (Å²) in [5.74, 6) is -0.284. The van der Waals surface area contributed by atoms with E-state index in [-0.39, 0.29) is 11.6 Å². The summed E-state index contributed by atoms with van der Waals surface area (Å²) < 4.78 is 1.72. The van der Waals surface area contributed by atoms with Crippen LogP contribution in [0.4, 0.5) is 5.69 Å². The standard InChI is InChI=1S/C19H16N6O2/c1-25-11-13(10-21-25)15-6-7-20-9-12(15)2-5-18(26)22-14-3-4-16-17(8-14)24-19(27)23-16/h2-11H,1H3,(H,22,26)(H2,23,24,27)/b5-2+. The minimum Gasteiger partial charge on any atom is -0.322 e. The van der Waals surface area contributed by atoms with Crippen molar-refractivity contribution in [2.24, 2.45) is 7.05 Å². The zero-order valence-electron chi connectivity index (χ0n) is 14.4. The Hall–Kier alpha value is -3.94. The van der Waals surface area contributed by atoms with Gasteiger partial charge in [0.15, 0.2) is 0 Å². The predicted octanol–water partition coefficient (Wildman–Crippen LogP) is 2.30. The number of nitrogens with zero attached hydrogens (tertiary/aromatic N) is 3. The monoisotopic (exact) mass is 360 g/mol. The number of aromatic amines is 2. The van der Waals surface area contributed by atoms with Gasteiger partial charge in [0.05, 0.1) is 17.2 Å². The molecule has 0 aliphatic carbocycles. The number of aromatic nitrogens is 5. The molecule has 0 aliphatic heterocycles. The zero-order valence-corrected chi connectivity index (χ0v) is 14.4. The van der Waals surface area contributed by atoms with Gasteiger partial charge in [-0.05, 0) is 35.9 Å². The number of carbonyl (C=O) groups excluding carboxylic acids is 1. The molecule has 134 valence electrons. The van der Waals surface area contributed by atoms with Crippen LogP contribution in [-0.2, 0) is 11.8 Å². The SMILES string of the molecule is Cn1cc(-c2ccncc2/C=C/C(=O)Nc2ccc3[nH]c(=O)[nH]c3c2)cn1. The largest absolute Gasteiger partial charge is 0.323 e. The van der Waals surface area contributed by atoms with Gasteiger partial charge in [-0.1, -0.05) is 0 Å². The molecule has 3 aromatic heterocycles. The molecule has 0 atom stereocenters. The van der Waals surface area contributed by atoms with E-state index in [1.807, 2.05) is 19.3 Å². The number of benzene rings is 1. The molecule has 0 saturated carbocycles. The fourth-order valence-corrected chi connectivity index (χ4v) is 2.82. The van der Waals surface area contributed by atoms with E-state index >= 15 is 0 Å². The van der Waals surface area contributed by atoms with Crippen LogP contribution < -0.4 is 11.0 Å². The van der Waals surface area contributed by atoms with E-state index in [0.29, 0.717) is 16.7 Å². The Morgan fingerprint density at radius 3 is 2.85 bits per heavy atom. The molecule has 4 rings (SSSR count). The van der Waals surface area contributed by atoms with E-state index in [9.17, 15) is 9.59 Å². The van der Waals surface area contributed by atoms with Gasteiger partial charge in [-0.15, -0.1) is 0 Å². The second-order valence-electron chi connectivity index (χ2n) is 6.03. The van der Waals surface area contributed by atoms with Crippen molar-refractivity contribution in [2.45, 2.75) is 0 Å². The van der Waals surface area contributed by atoms with Gasteiger partial charge in [0.25, 0.3) is 0 Å². The van der Waals surface area contributed by atoms with Crippen LogP contribution in [0.25, 0.3) is 28.2 Å². The van der Waals surface area contributed by atoms with Crippen molar-refractivity contribution >= 4 is 28.7 Å². The first kappa shape index (κ1) is 16.5. The van der Waals surface area contributed by atoms with Crippen LogP contribution in [0.1, 0.15) is 5.56 Å². The molecule has 0 spiro atoms. The van der Waals surface area contributed by atoms with Crippen LogP contribution in [0.5, 0.6) is 0 Å². The van der Waals surface area contributed by atoms with Crippen molar-refractivity contribution in [1.82, 2.24) is 24.7 Å². The number of pyridine rings is 1. The molecule has 1 amide bonds. The van der Waals surface area contributed by atoms with Crippen LogP contribution in [0.3, 0.4) is 0 Å². The highest BCUT2D eigenvalue weighted by molar-refractivity contribution is 6.03. The van der Waals surface area contributed by atoms with Crippen molar-refractivity contribution in [2.75, 3.05) is 5.32 Å². The summed E-state index contributed by atoms with van der Waals surface area (Å²) in [5, 5.41) is 6.96. The van der Waals surface area contributed by atoms with Gasteiger partial charge in [0, 0.05) is 48.5 Å². The quantitative estimate of drug-likeness (QED) is 0.485. The lowest BCUT2D eigenvalue weighted by Crippen LogP contribution is -2.07. The van der Waals surface area contributed by atoms with Crippen LogP contribution >= 0.6 is 0 Å². The van der Waals surface area contributed by atoms with Crippen molar-refractivity contribution in [3.8, 4) is 11.1 Å². The van der Waals surface area contributed by atoms with E-state index in [1.54, 1.807) is 47.5 Å². The molecule has 1 aromatic carbocycles. The summed E-state index contributed by atoms with van der Waals surface area (Å²) in [4.78, 5) is 33.0. The third-order valence-electron chi connectivity index (χ3n) is 4.07. The first-order valence-corrected chi connectivity index (χ1v) is 8.23. The lowest BCUT2D eigenvalue weighted by Gasteiger charge is -2.04. The first-order chi connectivity index (χ1) is 13.1. The van der Waals surface area contributed by atoms with Crippen molar-refractivity contribution in [1.29, 1.82) is 0 Å². The molecule has 3 heterocycles. The molecular formula is C19H16N6O2. The summed E-state index contributed by atoms with van der Waals surface area (Å²) in [6, 6.07) is 7.03. The third-order valence-corrected chi connectivity index (χ3v) is 4.07. The molecule has 3 N–H and O–H groups in total. The summed E-state index contributed by atoms with van der Waals surface area (Å²) in [6.45, 7) is 0. The highest BCUT2D eigenvalue weighted by Gasteiger charge is 2.06. The molecule has 0 fully saturated rings. The average molecular weight is 360 g/mol. The number of aryl methyl sites for hydroxylation is 1. The maximum absolute atomic E-state index is 12.3. The number of carbonyl (C=O) groups is 1. The van der Waals surface area contributed by atoms with Crippen LogP contribution in [0, 0.1) is 0 Å². The average Bonchev–Trinajstić information content (AvgIpc) is 3.24. The molecule has 4 aromatic rings. The van der Waals surface area contributed by atoms with Gasteiger partial charge in [-0.25, -0.2) is 4.79 Å². The second kappa shape index (κ2) is 6.75. The fraction of sp³-hybridized carbons (Fsp3) is 0.0526. The van der Waals surface area contributed by atoms with E-state index in [4.69, 9.17) is 0 Å². The molecule has 0 saturated heterocycles. The maximum Gasteiger partial charge on any atom is 0.323 e. The van der Waals surface area contributed by atoms with Crippen molar-refractivity contribution in [3.05, 3.63) is 71.2 Å². The Bertz CT molecular complexity index is 1210. The van der Waals surface area contributed by atoms with E-state index in [0.717, 1.165) is 16.7 Å². The zero-order chi connectivity index (χ0) is 18.8. The Kier molecular flexibility index (Phi) is 4.13. The smallest absolute Gasteiger partial charge is 0.322 e. The Balaban J connectivity index is 1.54. The van der Waals surface area contributed by atoms with Crippen molar-refractivity contribution < 1.29 is 4.79 Å². The third kappa shape index (κ3) is 3.54. The van der Waals surface area contributed by atoms with E-state index < -0.39 is 0 Å². The normalized spacial score (nSPS) is 11.3. The molecule has 0 bridgehead atoms. The Morgan fingerprint density at radius 1 is 1.19 bits per heavy atom.